The Hall–Kier alpha value is -1.42. The number of nitrogens with zero attached hydrogens (tertiary/aromatic N) is 2. The number of esters is 1. The smallest absolute Gasteiger partial charge is 0.316 e. The molecule has 0 aliphatic carbocycles. The largest absolute Gasteiger partial charge is 0.465 e. The van der Waals surface area contributed by atoms with Crippen molar-refractivity contribution in [2.75, 3.05) is 26.7 Å². The number of hydrogen-bond donors (Lipinski definition) is 0. The van der Waals surface area contributed by atoms with Gasteiger partial charge in [0.2, 0.25) is 0 Å². The van der Waals surface area contributed by atoms with Gasteiger partial charge in [0.25, 0.3) is 0 Å². The highest BCUT2D eigenvalue weighted by Crippen LogP contribution is 2.36. The van der Waals surface area contributed by atoms with Crippen LogP contribution in [0.1, 0.15) is 25.3 Å². The molecule has 2 rings (SSSR count). The topological polar surface area (TPSA) is 42.4 Å². The van der Waals surface area contributed by atoms with E-state index in [1.807, 2.05) is 19.1 Å². The van der Waals surface area contributed by atoms with Crippen LogP contribution in [0.15, 0.2) is 24.5 Å². The summed E-state index contributed by atoms with van der Waals surface area (Å²) in [4.78, 5) is 18.6. The fraction of sp³-hybridized carbons (Fsp3) is 0.571. The van der Waals surface area contributed by atoms with Gasteiger partial charge in [0.15, 0.2) is 0 Å². The summed E-state index contributed by atoms with van der Waals surface area (Å²) < 4.78 is 5.30. The Morgan fingerprint density at radius 3 is 2.56 bits per heavy atom. The summed E-state index contributed by atoms with van der Waals surface area (Å²) in [7, 11) is 2.08. The highest BCUT2D eigenvalue weighted by molar-refractivity contribution is 5.83. The van der Waals surface area contributed by atoms with E-state index in [2.05, 4.69) is 16.9 Å². The summed E-state index contributed by atoms with van der Waals surface area (Å²) >= 11 is 0. The lowest BCUT2D eigenvalue weighted by Gasteiger charge is -2.38. The van der Waals surface area contributed by atoms with Gasteiger partial charge in [-0.1, -0.05) is 0 Å². The molecule has 1 saturated heterocycles. The molecular formula is C14H20N2O2. The average Bonchev–Trinajstić information content (AvgIpc) is 2.41. The average molecular weight is 248 g/mol. The molecule has 0 aromatic carbocycles. The van der Waals surface area contributed by atoms with E-state index in [1.54, 1.807) is 12.4 Å². The van der Waals surface area contributed by atoms with E-state index >= 15 is 0 Å². The van der Waals surface area contributed by atoms with Crippen LogP contribution in [0.25, 0.3) is 0 Å². The summed E-state index contributed by atoms with van der Waals surface area (Å²) in [5.74, 6) is -0.0932. The number of ether oxygens (including phenoxy) is 1. The van der Waals surface area contributed by atoms with Gasteiger partial charge in [-0.2, -0.15) is 0 Å². The van der Waals surface area contributed by atoms with E-state index in [4.69, 9.17) is 4.74 Å². The van der Waals surface area contributed by atoms with Crippen LogP contribution < -0.4 is 0 Å². The first-order valence-corrected chi connectivity index (χ1v) is 6.45. The molecule has 0 N–H and O–H groups in total. The van der Waals surface area contributed by atoms with Crippen molar-refractivity contribution in [3.63, 3.8) is 0 Å². The zero-order valence-electron chi connectivity index (χ0n) is 11.1. The van der Waals surface area contributed by atoms with Gasteiger partial charge in [0.05, 0.1) is 12.0 Å². The Morgan fingerprint density at radius 2 is 2.00 bits per heavy atom. The number of carbonyl (C=O) groups is 1. The SMILES string of the molecule is CCOC(=O)C1(c2ccncc2)CCN(C)CC1. The lowest BCUT2D eigenvalue weighted by atomic mass is 9.73. The number of pyridine rings is 1. The third kappa shape index (κ3) is 2.38. The van der Waals surface area contributed by atoms with E-state index < -0.39 is 5.41 Å². The summed E-state index contributed by atoms with van der Waals surface area (Å²) in [5, 5.41) is 0. The van der Waals surface area contributed by atoms with Crippen LogP contribution in [0.5, 0.6) is 0 Å². The molecule has 98 valence electrons. The number of rotatable bonds is 3. The summed E-state index contributed by atoms with van der Waals surface area (Å²) in [6.45, 7) is 4.12. The van der Waals surface area contributed by atoms with Crippen molar-refractivity contribution in [2.24, 2.45) is 0 Å². The van der Waals surface area contributed by atoms with Gasteiger partial charge in [-0.3, -0.25) is 9.78 Å². The summed E-state index contributed by atoms with van der Waals surface area (Å²) in [5.41, 5.74) is 0.551. The van der Waals surface area contributed by atoms with Crippen LogP contribution in [-0.2, 0) is 14.9 Å². The molecule has 1 aliphatic heterocycles. The maximum atomic E-state index is 12.4. The molecule has 0 bridgehead atoms. The number of aromatic nitrogens is 1. The minimum Gasteiger partial charge on any atom is -0.465 e. The zero-order valence-corrected chi connectivity index (χ0v) is 11.1. The molecule has 0 radical (unpaired) electrons. The third-order valence-electron chi connectivity index (χ3n) is 3.74. The molecule has 1 fully saturated rings. The van der Waals surface area contributed by atoms with E-state index in [0.717, 1.165) is 31.5 Å². The maximum absolute atomic E-state index is 12.4. The minimum absolute atomic E-state index is 0.0932. The molecule has 2 heterocycles. The molecule has 0 saturated carbocycles. The number of carbonyl (C=O) groups excluding carboxylic acids is 1. The van der Waals surface area contributed by atoms with Gasteiger partial charge >= 0.3 is 5.97 Å². The van der Waals surface area contributed by atoms with Crippen molar-refractivity contribution in [3.8, 4) is 0 Å². The summed E-state index contributed by atoms with van der Waals surface area (Å²) in [6.07, 6.45) is 5.11. The van der Waals surface area contributed by atoms with E-state index in [0.29, 0.717) is 6.61 Å². The zero-order chi connectivity index (χ0) is 13.0. The van der Waals surface area contributed by atoms with E-state index in [9.17, 15) is 4.79 Å². The van der Waals surface area contributed by atoms with Crippen molar-refractivity contribution < 1.29 is 9.53 Å². The van der Waals surface area contributed by atoms with Gasteiger partial charge in [-0.15, -0.1) is 0 Å². The molecule has 0 amide bonds. The first kappa shape index (κ1) is 13.0. The lowest BCUT2D eigenvalue weighted by molar-refractivity contribution is -0.152. The highest BCUT2D eigenvalue weighted by Gasteiger charge is 2.43. The Balaban J connectivity index is 2.31. The molecular weight excluding hydrogens is 228 g/mol. The number of likely N-dealkylation sites (tertiary alicyclic amines) is 1. The van der Waals surface area contributed by atoms with Gasteiger partial charge in [0.1, 0.15) is 0 Å². The second kappa shape index (κ2) is 5.48. The molecule has 0 unspecified atom stereocenters. The Bertz CT molecular complexity index is 398. The molecule has 1 aliphatic rings. The predicted molar refractivity (Wildman–Crippen MR) is 69.3 cm³/mol. The minimum atomic E-state index is -0.481. The number of hydrogen-bond acceptors (Lipinski definition) is 4. The van der Waals surface area contributed by atoms with Crippen LogP contribution >= 0.6 is 0 Å². The quantitative estimate of drug-likeness (QED) is 0.762. The highest BCUT2D eigenvalue weighted by atomic mass is 16.5. The normalized spacial score (nSPS) is 19.4. The van der Waals surface area contributed by atoms with E-state index in [-0.39, 0.29) is 5.97 Å². The molecule has 0 atom stereocenters. The Labute approximate surface area is 108 Å². The number of piperidine rings is 1. The Kier molecular flexibility index (Phi) is 3.97. The van der Waals surface area contributed by atoms with Gasteiger partial charge in [0, 0.05) is 12.4 Å². The molecule has 18 heavy (non-hydrogen) atoms. The van der Waals surface area contributed by atoms with Crippen molar-refractivity contribution >= 4 is 5.97 Å². The second-order valence-electron chi connectivity index (χ2n) is 4.84. The van der Waals surface area contributed by atoms with Gasteiger partial charge in [-0.25, -0.2) is 0 Å². The standard InChI is InChI=1S/C14H20N2O2/c1-3-18-13(17)14(6-10-16(2)11-7-14)12-4-8-15-9-5-12/h4-5,8-9H,3,6-7,10-11H2,1-2H3. The van der Waals surface area contributed by atoms with Crippen molar-refractivity contribution in [1.82, 2.24) is 9.88 Å². The summed E-state index contributed by atoms with van der Waals surface area (Å²) in [6, 6.07) is 3.87. The molecule has 1 aromatic heterocycles. The predicted octanol–water partition coefficient (Wildman–Crippen LogP) is 1.61. The second-order valence-corrected chi connectivity index (χ2v) is 4.84. The fourth-order valence-electron chi connectivity index (χ4n) is 2.55. The van der Waals surface area contributed by atoms with Crippen molar-refractivity contribution in [3.05, 3.63) is 30.1 Å². The van der Waals surface area contributed by atoms with Crippen LogP contribution in [0.4, 0.5) is 0 Å². The van der Waals surface area contributed by atoms with Crippen LogP contribution in [0, 0.1) is 0 Å². The molecule has 1 aromatic rings. The monoisotopic (exact) mass is 248 g/mol. The maximum Gasteiger partial charge on any atom is 0.316 e. The van der Waals surface area contributed by atoms with Crippen molar-refractivity contribution in [1.29, 1.82) is 0 Å². The van der Waals surface area contributed by atoms with Crippen LogP contribution in [0.3, 0.4) is 0 Å². The van der Waals surface area contributed by atoms with Crippen LogP contribution in [0.2, 0.25) is 0 Å². The third-order valence-corrected chi connectivity index (χ3v) is 3.74. The van der Waals surface area contributed by atoms with Gasteiger partial charge in [-0.05, 0) is 57.6 Å². The van der Waals surface area contributed by atoms with Crippen molar-refractivity contribution in [2.45, 2.75) is 25.2 Å². The molecule has 4 nitrogen and oxygen atoms in total. The first-order chi connectivity index (χ1) is 8.69. The fourth-order valence-corrected chi connectivity index (χ4v) is 2.55. The van der Waals surface area contributed by atoms with E-state index in [1.165, 1.54) is 0 Å². The molecule has 0 spiro atoms. The first-order valence-electron chi connectivity index (χ1n) is 6.45. The van der Waals surface area contributed by atoms with Crippen LogP contribution in [-0.4, -0.2) is 42.6 Å². The molecule has 4 heteroatoms. The lowest BCUT2D eigenvalue weighted by Crippen LogP contribution is -2.47. The Morgan fingerprint density at radius 1 is 1.39 bits per heavy atom. The van der Waals surface area contributed by atoms with Gasteiger partial charge < -0.3 is 9.64 Å².